The minimum absolute atomic E-state index is 0.166. The number of carbonyl (C=O) groups excluding carboxylic acids is 1. The van der Waals surface area contributed by atoms with E-state index >= 15 is 4.39 Å². The van der Waals surface area contributed by atoms with Crippen molar-refractivity contribution < 1.29 is 18.7 Å². The third-order valence-electron chi connectivity index (χ3n) is 9.15. The molecule has 0 saturated carbocycles. The van der Waals surface area contributed by atoms with E-state index in [0.29, 0.717) is 16.9 Å². The fourth-order valence-electron chi connectivity index (χ4n) is 6.86. The third kappa shape index (κ3) is 6.17. The number of ether oxygens (including phenoxy) is 2. The van der Waals surface area contributed by atoms with Gasteiger partial charge in [0.2, 0.25) is 0 Å². The number of carbonyl (C=O) groups is 1. The van der Waals surface area contributed by atoms with Crippen LogP contribution >= 0.6 is 27.7 Å². The Hall–Kier alpha value is -3.79. The van der Waals surface area contributed by atoms with Crippen LogP contribution in [0.25, 0.3) is 0 Å². The van der Waals surface area contributed by atoms with Crippen LogP contribution in [0, 0.1) is 11.7 Å². The second-order valence-electron chi connectivity index (χ2n) is 11.8. The fourth-order valence-corrected chi connectivity index (χ4v) is 8.60. The fraction of sp³-hybridized carbons (Fsp3) is 0.205. The summed E-state index contributed by atoms with van der Waals surface area (Å²) >= 11 is 5.14. The maximum Gasteiger partial charge on any atom is 0.253 e. The first kappa shape index (κ1) is 31.8. The van der Waals surface area contributed by atoms with Gasteiger partial charge in [0, 0.05) is 27.3 Å². The molecule has 2 fully saturated rings. The Morgan fingerprint density at radius 2 is 1.43 bits per heavy atom. The molecule has 2 aliphatic rings. The molecule has 0 aliphatic carbocycles. The molecule has 4 atom stereocenters. The van der Waals surface area contributed by atoms with Gasteiger partial charge in [0.25, 0.3) is 5.91 Å². The zero-order chi connectivity index (χ0) is 32.3. The van der Waals surface area contributed by atoms with Crippen molar-refractivity contribution >= 4 is 33.6 Å². The Morgan fingerprint density at radius 1 is 0.872 bits per heavy atom. The minimum Gasteiger partial charge on any atom is -0.373 e. The number of fused-ring (bicyclic) bond motifs is 1. The smallest absolute Gasteiger partial charge is 0.253 e. The molecule has 0 spiro atoms. The number of halogens is 2. The Balaban J connectivity index is 1.24. The lowest BCUT2D eigenvalue weighted by atomic mass is 9.77. The minimum atomic E-state index is -0.916. The number of hydrogen-bond acceptors (Lipinski definition) is 5. The van der Waals surface area contributed by atoms with E-state index in [0.717, 1.165) is 21.2 Å². The first-order valence-electron chi connectivity index (χ1n) is 15.6. The van der Waals surface area contributed by atoms with E-state index in [4.69, 9.17) is 9.47 Å². The van der Waals surface area contributed by atoms with Crippen LogP contribution in [0.4, 0.5) is 4.39 Å². The molecular weight excluding hydrogens is 675 g/mol. The lowest BCUT2D eigenvalue weighted by Gasteiger charge is -2.44. The predicted octanol–water partition coefficient (Wildman–Crippen LogP) is 7.86. The number of nitrogens with one attached hydrogen (secondary N) is 2. The Kier molecular flexibility index (Phi) is 9.30. The molecule has 47 heavy (non-hydrogen) atoms. The molecule has 2 N–H and O–H groups in total. The molecule has 238 valence electrons. The van der Waals surface area contributed by atoms with Crippen LogP contribution in [-0.2, 0) is 20.6 Å². The molecule has 5 aromatic rings. The van der Waals surface area contributed by atoms with Gasteiger partial charge in [-0.1, -0.05) is 125 Å². The molecule has 2 saturated heterocycles. The van der Waals surface area contributed by atoms with Gasteiger partial charge >= 0.3 is 0 Å². The molecule has 5 aromatic carbocycles. The van der Waals surface area contributed by atoms with Crippen molar-refractivity contribution in [1.82, 2.24) is 10.6 Å². The van der Waals surface area contributed by atoms with Crippen molar-refractivity contribution in [2.24, 2.45) is 5.92 Å². The first-order chi connectivity index (χ1) is 23.0. The van der Waals surface area contributed by atoms with Crippen LogP contribution in [0.3, 0.4) is 0 Å². The molecule has 2 aliphatic heterocycles. The zero-order valence-corrected chi connectivity index (χ0v) is 27.9. The van der Waals surface area contributed by atoms with Crippen LogP contribution in [-0.4, -0.2) is 36.5 Å². The number of rotatable bonds is 9. The summed E-state index contributed by atoms with van der Waals surface area (Å²) in [5.41, 5.74) is 1.78. The lowest BCUT2D eigenvalue weighted by molar-refractivity contribution is -0.0537. The summed E-state index contributed by atoms with van der Waals surface area (Å²) in [6.45, 7) is 0.469. The van der Waals surface area contributed by atoms with Gasteiger partial charge in [-0.15, -0.1) is 11.8 Å². The second kappa shape index (κ2) is 13.7. The molecule has 1 unspecified atom stereocenters. The average molecular weight is 710 g/mol. The van der Waals surface area contributed by atoms with Gasteiger partial charge < -0.3 is 14.8 Å². The molecule has 0 radical (unpaired) electrons. The van der Waals surface area contributed by atoms with Crippen LogP contribution in [0.1, 0.15) is 32.6 Å². The van der Waals surface area contributed by atoms with Crippen LogP contribution in [0.15, 0.2) is 144 Å². The van der Waals surface area contributed by atoms with Crippen LogP contribution < -0.4 is 10.6 Å². The maximum absolute atomic E-state index is 15.8. The molecule has 1 amide bonds. The van der Waals surface area contributed by atoms with E-state index in [2.05, 4.69) is 63.0 Å². The second-order valence-corrected chi connectivity index (χ2v) is 13.9. The molecule has 5 nitrogen and oxygen atoms in total. The molecular formula is C39H34BrFN2O3S. The standard InChI is InChI=1S/C39H34BrFN2O3S/c40-31-21-22-34(41)32(23-31)38-26-45-35(33(38)25-47-37(43-38)42-36(44)27-13-5-1-6-14-27)24-46-39(28-15-7-2-8-16-28,29-17-9-3-10-18-29)30-19-11-4-12-20-30/h1-23,33,35,37,43H,24-26H2,(H,42,44)/t33-,35-,37?,38-/m1/s1. The highest BCUT2D eigenvalue weighted by Gasteiger charge is 2.56. The summed E-state index contributed by atoms with van der Waals surface area (Å²) < 4.78 is 30.3. The highest BCUT2D eigenvalue weighted by atomic mass is 79.9. The zero-order valence-electron chi connectivity index (χ0n) is 25.5. The Labute approximate surface area is 287 Å². The Morgan fingerprint density at radius 3 is 2.00 bits per heavy atom. The average Bonchev–Trinajstić information content (AvgIpc) is 3.50. The topological polar surface area (TPSA) is 59.6 Å². The summed E-state index contributed by atoms with van der Waals surface area (Å²) in [7, 11) is 0. The van der Waals surface area contributed by atoms with Gasteiger partial charge in [-0.3, -0.25) is 10.1 Å². The summed E-state index contributed by atoms with van der Waals surface area (Å²) in [6, 6.07) is 44.8. The first-order valence-corrected chi connectivity index (χ1v) is 17.5. The van der Waals surface area contributed by atoms with E-state index in [1.54, 1.807) is 30.0 Å². The van der Waals surface area contributed by atoms with Gasteiger partial charge in [-0.25, -0.2) is 4.39 Å². The van der Waals surface area contributed by atoms with Crippen molar-refractivity contribution in [3.63, 3.8) is 0 Å². The highest BCUT2D eigenvalue weighted by molar-refractivity contribution is 9.10. The van der Waals surface area contributed by atoms with Crippen molar-refractivity contribution in [1.29, 1.82) is 0 Å². The van der Waals surface area contributed by atoms with Gasteiger partial charge in [0.1, 0.15) is 16.9 Å². The van der Waals surface area contributed by atoms with Gasteiger partial charge in [-0.2, -0.15) is 0 Å². The van der Waals surface area contributed by atoms with Crippen molar-refractivity contribution in [2.45, 2.75) is 22.7 Å². The van der Waals surface area contributed by atoms with E-state index in [9.17, 15) is 4.79 Å². The largest absolute Gasteiger partial charge is 0.373 e. The highest BCUT2D eigenvalue weighted by Crippen LogP contribution is 2.48. The Bertz CT molecular complexity index is 1720. The molecule has 7 rings (SSSR count). The third-order valence-corrected chi connectivity index (χ3v) is 10.8. The maximum atomic E-state index is 15.8. The number of amides is 1. The van der Waals surface area contributed by atoms with Crippen molar-refractivity contribution in [3.8, 4) is 0 Å². The molecule has 0 bridgehead atoms. The summed E-state index contributed by atoms with van der Waals surface area (Å²) in [6.07, 6.45) is -0.366. The van der Waals surface area contributed by atoms with Crippen LogP contribution in [0.2, 0.25) is 0 Å². The predicted molar refractivity (Wildman–Crippen MR) is 187 cm³/mol. The van der Waals surface area contributed by atoms with Gasteiger partial charge in [0.15, 0.2) is 0 Å². The summed E-state index contributed by atoms with van der Waals surface area (Å²) in [5, 5.41) is 6.73. The summed E-state index contributed by atoms with van der Waals surface area (Å²) in [4.78, 5) is 13.2. The number of thioether (sulfide) groups is 1. The summed E-state index contributed by atoms with van der Waals surface area (Å²) in [5.74, 6) is -0.0813. The number of hydrogen-bond donors (Lipinski definition) is 2. The lowest BCUT2D eigenvalue weighted by Crippen LogP contribution is -2.62. The van der Waals surface area contributed by atoms with Crippen molar-refractivity contribution in [2.75, 3.05) is 19.0 Å². The molecule has 0 aromatic heterocycles. The number of benzene rings is 5. The quantitative estimate of drug-likeness (QED) is 0.153. The van der Waals surface area contributed by atoms with Gasteiger partial charge in [0.05, 0.1) is 24.9 Å². The van der Waals surface area contributed by atoms with Gasteiger partial charge in [-0.05, 0) is 47.0 Å². The molecule has 2 heterocycles. The van der Waals surface area contributed by atoms with Crippen LogP contribution in [0.5, 0.6) is 0 Å². The van der Waals surface area contributed by atoms with E-state index in [-0.39, 0.29) is 37.0 Å². The van der Waals surface area contributed by atoms with E-state index in [1.807, 2.05) is 78.9 Å². The SMILES string of the molecule is O=C(NC1N[C@@]2(c3cc(Br)ccc3F)CO[C@H](COC(c3ccccc3)(c3ccccc3)c3ccccc3)[C@H]2CS1)c1ccccc1. The van der Waals surface area contributed by atoms with E-state index in [1.165, 1.54) is 6.07 Å². The van der Waals surface area contributed by atoms with Crippen molar-refractivity contribution in [3.05, 3.63) is 178 Å². The van der Waals surface area contributed by atoms with E-state index < -0.39 is 16.6 Å². The monoisotopic (exact) mass is 708 g/mol. The molecule has 8 heteroatoms. The normalized spacial score (nSPS) is 22.4.